The summed E-state index contributed by atoms with van der Waals surface area (Å²) in [6, 6.07) is 20.8. The SMILES string of the molecule is CCc1cccc2[nH]c(-c3ccc(O)cc3)c(-c3ccc(O)cc3)c12. The number of phenols is 2. The molecular weight excluding hydrogens is 310 g/mol. The maximum Gasteiger partial charge on any atom is 0.115 e. The second kappa shape index (κ2) is 6.02. The number of fused-ring (bicyclic) bond motifs is 1. The van der Waals surface area contributed by atoms with Crippen LogP contribution >= 0.6 is 0 Å². The van der Waals surface area contributed by atoms with Crippen LogP contribution in [0.25, 0.3) is 33.3 Å². The van der Waals surface area contributed by atoms with Crippen molar-refractivity contribution in [2.75, 3.05) is 0 Å². The first-order valence-corrected chi connectivity index (χ1v) is 8.39. The first-order valence-electron chi connectivity index (χ1n) is 8.39. The largest absolute Gasteiger partial charge is 0.508 e. The second-order valence-corrected chi connectivity index (χ2v) is 6.16. The number of rotatable bonds is 3. The molecule has 0 amide bonds. The van der Waals surface area contributed by atoms with E-state index < -0.39 is 0 Å². The van der Waals surface area contributed by atoms with Gasteiger partial charge in [0.15, 0.2) is 0 Å². The van der Waals surface area contributed by atoms with Crippen LogP contribution in [-0.4, -0.2) is 15.2 Å². The van der Waals surface area contributed by atoms with Gasteiger partial charge in [0.25, 0.3) is 0 Å². The van der Waals surface area contributed by atoms with Gasteiger partial charge >= 0.3 is 0 Å². The van der Waals surface area contributed by atoms with Crippen LogP contribution in [0.4, 0.5) is 0 Å². The lowest BCUT2D eigenvalue weighted by molar-refractivity contribution is 0.475. The first kappa shape index (κ1) is 15.3. The maximum atomic E-state index is 9.65. The van der Waals surface area contributed by atoms with E-state index in [4.69, 9.17) is 0 Å². The number of aromatic nitrogens is 1. The lowest BCUT2D eigenvalue weighted by Crippen LogP contribution is -1.85. The Morgan fingerprint density at radius 3 is 1.96 bits per heavy atom. The molecule has 0 unspecified atom stereocenters. The summed E-state index contributed by atoms with van der Waals surface area (Å²) in [5, 5.41) is 20.5. The van der Waals surface area contributed by atoms with E-state index in [0.717, 1.165) is 34.3 Å². The molecular formula is C22H19NO2. The Labute approximate surface area is 146 Å². The Hall–Kier alpha value is -3.20. The van der Waals surface area contributed by atoms with Crippen LogP contribution in [-0.2, 0) is 6.42 Å². The van der Waals surface area contributed by atoms with Gasteiger partial charge in [-0.2, -0.15) is 0 Å². The van der Waals surface area contributed by atoms with Crippen molar-refractivity contribution in [3.05, 3.63) is 72.3 Å². The van der Waals surface area contributed by atoms with E-state index >= 15 is 0 Å². The maximum absolute atomic E-state index is 9.65. The molecule has 0 atom stereocenters. The molecule has 1 aromatic heterocycles. The van der Waals surface area contributed by atoms with Crippen molar-refractivity contribution in [2.45, 2.75) is 13.3 Å². The molecule has 0 aliphatic heterocycles. The standard InChI is InChI=1S/C22H19NO2/c1-2-14-4-3-5-19-20(14)21(15-6-10-17(24)11-7-15)22(23-19)16-8-12-18(25)13-9-16/h3-13,23-25H,2H2,1H3. The molecule has 124 valence electrons. The third-order valence-corrected chi connectivity index (χ3v) is 4.60. The quantitative estimate of drug-likeness (QED) is 0.466. The van der Waals surface area contributed by atoms with Gasteiger partial charge in [0.05, 0.1) is 5.69 Å². The summed E-state index contributed by atoms with van der Waals surface area (Å²) in [5.41, 5.74) is 6.57. The van der Waals surface area contributed by atoms with Gasteiger partial charge < -0.3 is 15.2 Å². The number of aromatic amines is 1. The summed E-state index contributed by atoms with van der Waals surface area (Å²) in [4.78, 5) is 3.54. The van der Waals surface area contributed by atoms with Crippen LogP contribution in [0, 0.1) is 0 Å². The number of nitrogens with one attached hydrogen (secondary N) is 1. The molecule has 3 heteroatoms. The van der Waals surface area contributed by atoms with Gasteiger partial charge in [0.2, 0.25) is 0 Å². The monoisotopic (exact) mass is 329 g/mol. The zero-order valence-electron chi connectivity index (χ0n) is 14.0. The summed E-state index contributed by atoms with van der Waals surface area (Å²) < 4.78 is 0. The van der Waals surface area contributed by atoms with Gasteiger partial charge in [0.1, 0.15) is 11.5 Å². The third kappa shape index (κ3) is 2.64. The first-order chi connectivity index (χ1) is 12.2. The van der Waals surface area contributed by atoms with Crippen molar-refractivity contribution in [3.63, 3.8) is 0 Å². The highest BCUT2D eigenvalue weighted by Gasteiger charge is 2.17. The van der Waals surface area contributed by atoms with Gasteiger partial charge in [-0.15, -0.1) is 0 Å². The Balaban J connectivity index is 2.06. The molecule has 4 rings (SSSR count). The van der Waals surface area contributed by atoms with Crippen LogP contribution < -0.4 is 0 Å². The minimum Gasteiger partial charge on any atom is -0.508 e. The van der Waals surface area contributed by atoms with Crippen molar-refractivity contribution >= 4 is 10.9 Å². The average Bonchev–Trinajstić information content (AvgIpc) is 3.02. The summed E-state index contributed by atoms with van der Waals surface area (Å²) in [7, 11) is 0. The van der Waals surface area contributed by atoms with E-state index in [1.165, 1.54) is 10.9 Å². The predicted molar refractivity (Wildman–Crippen MR) is 102 cm³/mol. The molecule has 0 spiro atoms. The zero-order chi connectivity index (χ0) is 17.4. The summed E-state index contributed by atoms with van der Waals surface area (Å²) in [6.45, 7) is 2.16. The second-order valence-electron chi connectivity index (χ2n) is 6.16. The molecule has 3 N–H and O–H groups in total. The number of H-pyrrole nitrogens is 1. The van der Waals surface area contributed by atoms with E-state index in [9.17, 15) is 10.2 Å². The molecule has 3 nitrogen and oxygen atoms in total. The summed E-state index contributed by atoms with van der Waals surface area (Å²) >= 11 is 0. The van der Waals surface area contributed by atoms with Crippen LogP contribution in [0.15, 0.2) is 66.7 Å². The fourth-order valence-electron chi connectivity index (χ4n) is 3.38. The molecule has 4 aromatic rings. The number of aromatic hydroxyl groups is 2. The Kier molecular flexibility index (Phi) is 3.69. The molecule has 0 saturated heterocycles. The molecule has 0 aliphatic carbocycles. The molecule has 1 heterocycles. The highest BCUT2D eigenvalue weighted by Crippen LogP contribution is 2.40. The number of phenolic OH excluding ortho intramolecular Hbond substituents is 2. The van der Waals surface area contributed by atoms with Gasteiger partial charge in [-0.25, -0.2) is 0 Å². The predicted octanol–water partition coefficient (Wildman–Crippen LogP) is 5.48. The van der Waals surface area contributed by atoms with Gasteiger partial charge in [0, 0.05) is 16.5 Å². The molecule has 0 aliphatic rings. The minimum atomic E-state index is 0.250. The number of benzene rings is 3. The molecule has 25 heavy (non-hydrogen) atoms. The zero-order valence-corrected chi connectivity index (χ0v) is 14.0. The summed E-state index contributed by atoms with van der Waals surface area (Å²) in [6.07, 6.45) is 0.940. The lowest BCUT2D eigenvalue weighted by atomic mass is 9.95. The van der Waals surface area contributed by atoms with E-state index in [-0.39, 0.29) is 11.5 Å². The van der Waals surface area contributed by atoms with E-state index in [1.807, 2.05) is 24.3 Å². The van der Waals surface area contributed by atoms with Crippen LogP contribution in [0.5, 0.6) is 11.5 Å². The van der Waals surface area contributed by atoms with Crippen molar-refractivity contribution in [1.29, 1.82) is 0 Å². The molecule has 0 saturated carbocycles. The smallest absolute Gasteiger partial charge is 0.115 e. The highest BCUT2D eigenvalue weighted by atomic mass is 16.3. The Bertz CT molecular complexity index is 1030. The number of hydrogen-bond donors (Lipinski definition) is 3. The van der Waals surface area contributed by atoms with Crippen molar-refractivity contribution < 1.29 is 10.2 Å². The molecule has 0 bridgehead atoms. The molecule has 0 fully saturated rings. The van der Waals surface area contributed by atoms with Gasteiger partial charge in [-0.05, 0) is 65.6 Å². The average molecular weight is 329 g/mol. The van der Waals surface area contributed by atoms with Crippen LogP contribution in [0.2, 0.25) is 0 Å². The Morgan fingerprint density at radius 2 is 1.36 bits per heavy atom. The van der Waals surface area contributed by atoms with E-state index in [1.54, 1.807) is 24.3 Å². The Morgan fingerprint density at radius 1 is 0.760 bits per heavy atom. The van der Waals surface area contributed by atoms with Crippen molar-refractivity contribution in [2.24, 2.45) is 0 Å². The topological polar surface area (TPSA) is 56.2 Å². The normalized spacial score (nSPS) is 11.1. The lowest BCUT2D eigenvalue weighted by Gasteiger charge is -2.08. The van der Waals surface area contributed by atoms with Gasteiger partial charge in [-0.1, -0.05) is 31.2 Å². The minimum absolute atomic E-state index is 0.250. The van der Waals surface area contributed by atoms with Crippen molar-refractivity contribution in [1.82, 2.24) is 4.98 Å². The van der Waals surface area contributed by atoms with E-state index in [2.05, 4.69) is 30.1 Å². The third-order valence-electron chi connectivity index (χ3n) is 4.60. The summed E-state index contributed by atoms with van der Waals surface area (Å²) in [5.74, 6) is 0.505. The van der Waals surface area contributed by atoms with E-state index in [0.29, 0.717) is 0 Å². The van der Waals surface area contributed by atoms with Crippen LogP contribution in [0.1, 0.15) is 12.5 Å². The fourth-order valence-corrected chi connectivity index (χ4v) is 3.38. The fraction of sp³-hybridized carbons (Fsp3) is 0.0909. The highest BCUT2D eigenvalue weighted by molar-refractivity contribution is 6.05. The molecule has 3 aromatic carbocycles. The molecule has 0 radical (unpaired) electrons. The number of aryl methyl sites for hydroxylation is 1. The van der Waals surface area contributed by atoms with Crippen LogP contribution in [0.3, 0.4) is 0 Å². The number of hydrogen-bond acceptors (Lipinski definition) is 2. The van der Waals surface area contributed by atoms with Crippen molar-refractivity contribution in [3.8, 4) is 33.9 Å². The van der Waals surface area contributed by atoms with Gasteiger partial charge in [-0.3, -0.25) is 0 Å².